The molecule has 0 amide bonds. The third-order valence-electron chi connectivity index (χ3n) is 4.09. The van der Waals surface area contributed by atoms with Crippen LogP contribution >= 0.6 is 0 Å². The highest BCUT2D eigenvalue weighted by Gasteiger charge is 2.49. The largest absolute Gasteiger partial charge is 0.406 e. The molecule has 0 bridgehead atoms. The lowest BCUT2D eigenvalue weighted by atomic mass is 10.1. The van der Waals surface area contributed by atoms with E-state index in [1.807, 2.05) is 7.11 Å². The van der Waals surface area contributed by atoms with Crippen molar-refractivity contribution in [1.82, 2.24) is 4.98 Å². The van der Waals surface area contributed by atoms with Crippen LogP contribution in [0.5, 0.6) is 0 Å². The smallest absolute Gasteiger partial charge is 0.274 e. The molecule has 3 heteroatoms. The van der Waals surface area contributed by atoms with Gasteiger partial charge in [0, 0.05) is 7.11 Å². The summed E-state index contributed by atoms with van der Waals surface area (Å²) in [7, 11) is 0.271. The normalized spacial score (nSPS) is 36.8. The van der Waals surface area contributed by atoms with Crippen LogP contribution in [0.3, 0.4) is 0 Å². The minimum atomic E-state index is -1.67. The van der Waals surface area contributed by atoms with Gasteiger partial charge in [-0.05, 0) is 30.5 Å². The minimum absolute atomic E-state index is 0.821. The van der Waals surface area contributed by atoms with E-state index in [0.29, 0.717) is 0 Å². The van der Waals surface area contributed by atoms with Crippen molar-refractivity contribution < 1.29 is 4.43 Å². The summed E-state index contributed by atoms with van der Waals surface area (Å²) in [4.78, 5) is 3.77. The van der Waals surface area contributed by atoms with Crippen molar-refractivity contribution in [3.63, 3.8) is 0 Å². The molecule has 1 aliphatic heterocycles. The average Bonchev–Trinajstić information content (AvgIpc) is 2.29. The zero-order valence-corrected chi connectivity index (χ0v) is 11.8. The first-order valence-electron chi connectivity index (χ1n) is 6.55. The van der Waals surface area contributed by atoms with E-state index in [9.17, 15) is 0 Å². The first-order chi connectivity index (χ1) is 7.25. The van der Waals surface area contributed by atoms with Crippen molar-refractivity contribution in [1.29, 1.82) is 0 Å². The molecule has 0 saturated carbocycles. The molecule has 0 radical (unpaired) electrons. The van der Waals surface area contributed by atoms with Gasteiger partial charge in [-0.3, -0.25) is 0 Å². The first kappa shape index (κ1) is 13.2. The summed E-state index contributed by atoms with van der Waals surface area (Å²) in [6, 6.07) is 0. The van der Waals surface area contributed by atoms with E-state index < -0.39 is 8.48 Å². The lowest BCUT2D eigenvalue weighted by molar-refractivity contribution is 0.313. The van der Waals surface area contributed by atoms with Gasteiger partial charge in [-0.1, -0.05) is 40.0 Å². The third kappa shape index (κ3) is 2.45. The Morgan fingerprint density at radius 2 is 1.67 bits per heavy atom. The van der Waals surface area contributed by atoms with Gasteiger partial charge in [0.2, 0.25) is 0 Å². The predicted octanol–water partition coefficient (Wildman–Crippen LogP) is 3.43. The van der Waals surface area contributed by atoms with Gasteiger partial charge in [0.15, 0.2) is 0 Å². The molecular weight excluding hydrogens is 202 g/mol. The van der Waals surface area contributed by atoms with Crippen molar-refractivity contribution in [2.45, 2.75) is 64.0 Å². The molecule has 0 aromatic rings. The molecule has 1 rings (SSSR count). The first-order valence-corrected chi connectivity index (χ1v) is 8.61. The van der Waals surface area contributed by atoms with E-state index in [2.05, 4.69) is 25.8 Å². The average molecular weight is 229 g/mol. The molecule has 0 spiro atoms. The van der Waals surface area contributed by atoms with Gasteiger partial charge in [-0.15, -0.1) is 0 Å². The van der Waals surface area contributed by atoms with Gasteiger partial charge in [0.1, 0.15) is 0 Å². The standard InChI is InChI=1S/C12H27NOSi/c1-5-11-9-8-10-12(6-2)15(11,14-4)13-7-3/h11-13H,5-10H2,1-4H3. The molecule has 0 aromatic heterocycles. The second-order valence-electron chi connectivity index (χ2n) is 4.67. The molecule has 1 heterocycles. The van der Waals surface area contributed by atoms with Crippen LogP contribution in [-0.2, 0) is 4.43 Å². The summed E-state index contributed by atoms with van der Waals surface area (Å²) < 4.78 is 6.05. The van der Waals surface area contributed by atoms with Crippen molar-refractivity contribution in [3.8, 4) is 0 Å². The summed E-state index contributed by atoms with van der Waals surface area (Å²) in [6.45, 7) is 7.91. The molecule has 1 fully saturated rings. The zero-order valence-electron chi connectivity index (χ0n) is 10.8. The molecule has 15 heavy (non-hydrogen) atoms. The van der Waals surface area contributed by atoms with Crippen molar-refractivity contribution in [2.24, 2.45) is 0 Å². The van der Waals surface area contributed by atoms with Gasteiger partial charge in [0.25, 0.3) is 8.48 Å². The van der Waals surface area contributed by atoms with Crippen LogP contribution in [0.25, 0.3) is 0 Å². The molecule has 1 aliphatic rings. The van der Waals surface area contributed by atoms with E-state index in [0.717, 1.165) is 17.6 Å². The Balaban J connectivity index is 2.87. The zero-order chi connectivity index (χ0) is 11.3. The summed E-state index contributed by atoms with van der Waals surface area (Å²) >= 11 is 0. The van der Waals surface area contributed by atoms with Crippen molar-refractivity contribution >= 4 is 8.48 Å². The van der Waals surface area contributed by atoms with Gasteiger partial charge in [0.05, 0.1) is 0 Å². The summed E-state index contributed by atoms with van der Waals surface area (Å²) in [5.41, 5.74) is 1.64. The Hall–Kier alpha value is 0.137. The second kappa shape index (κ2) is 6.02. The Morgan fingerprint density at radius 1 is 1.13 bits per heavy atom. The molecule has 2 atom stereocenters. The fourth-order valence-corrected chi connectivity index (χ4v) is 8.44. The highest BCUT2D eigenvalue weighted by molar-refractivity contribution is 6.74. The fraction of sp³-hybridized carbons (Fsp3) is 1.00. The second-order valence-corrected chi connectivity index (χ2v) is 8.65. The van der Waals surface area contributed by atoms with Crippen LogP contribution in [0.2, 0.25) is 11.1 Å². The van der Waals surface area contributed by atoms with Crippen molar-refractivity contribution in [3.05, 3.63) is 0 Å². The molecular formula is C12H27NOSi. The molecule has 0 aliphatic carbocycles. The van der Waals surface area contributed by atoms with E-state index in [4.69, 9.17) is 4.43 Å². The molecule has 2 nitrogen and oxygen atoms in total. The molecule has 90 valence electrons. The van der Waals surface area contributed by atoms with Crippen LogP contribution in [0.1, 0.15) is 52.9 Å². The van der Waals surface area contributed by atoms with Crippen molar-refractivity contribution in [2.75, 3.05) is 13.7 Å². The maximum absolute atomic E-state index is 6.05. The SMILES string of the molecule is CCN[Si]1(OC)C(CC)CCCC1CC. The Kier molecular flexibility index (Phi) is 5.30. The van der Waals surface area contributed by atoms with E-state index in [1.54, 1.807) is 0 Å². The monoisotopic (exact) mass is 229 g/mol. The van der Waals surface area contributed by atoms with Gasteiger partial charge in [-0.2, -0.15) is 0 Å². The van der Waals surface area contributed by atoms with Crippen LogP contribution in [0.15, 0.2) is 0 Å². The van der Waals surface area contributed by atoms with E-state index >= 15 is 0 Å². The quantitative estimate of drug-likeness (QED) is 0.729. The van der Waals surface area contributed by atoms with E-state index in [-0.39, 0.29) is 0 Å². The highest BCUT2D eigenvalue weighted by atomic mass is 28.4. The predicted molar refractivity (Wildman–Crippen MR) is 68.4 cm³/mol. The van der Waals surface area contributed by atoms with Crippen LogP contribution in [-0.4, -0.2) is 22.1 Å². The molecule has 0 aromatic carbocycles. The number of rotatable bonds is 5. The topological polar surface area (TPSA) is 21.3 Å². The van der Waals surface area contributed by atoms with Gasteiger partial charge >= 0.3 is 0 Å². The van der Waals surface area contributed by atoms with Crippen LogP contribution in [0, 0.1) is 0 Å². The lowest BCUT2D eigenvalue weighted by Gasteiger charge is -2.46. The molecule has 1 N–H and O–H groups in total. The molecule has 1 saturated heterocycles. The van der Waals surface area contributed by atoms with E-state index in [1.165, 1.54) is 32.1 Å². The lowest BCUT2D eigenvalue weighted by Crippen LogP contribution is -2.61. The van der Waals surface area contributed by atoms with Gasteiger partial charge in [-0.25, -0.2) is 0 Å². The number of hydrogen-bond donors (Lipinski definition) is 1. The fourth-order valence-electron chi connectivity index (χ4n) is 3.36. The summed E-state index contributed by atoms with van der Waals surface area (Å²) in [6.07, 6.45) is 6.72. The molecule has 2 unspecified atom stereocenters. The Labute approximate surface area is 96.0 Å². The summed E-state index contributed by atoms with van der Waals surface area (Å²) in [5.74, 6) is 0. The van der Waals surface area contributed by atoms with Gasteiger partial charge < -0.3 is 9.41 Å². The third-order valence-corrected chi connectivity index (χ3v) is 9.50. The number of nitrogens with one attached hydrogen (secondary N) is 1. The summed E-state index contributed by atoms with van der Waals surface area (Å²) in [5, 5.41) is 0. The maximum Gasteiger partial charge on any atom is 0.274 e. The van der Waals surface area contributed by atoms with Crippen LogP contribution in [0.4, 0.5) is 0 Å². The Bertz CT molecular complexity index is 174. The minimum Gasteiger partial charge on any atom is -0.406 e. The van der Waals surface area contributed by atoms with Crippen LogP contribution < -0.4 is 4.98 Å². The highest BCUT2D eigenvalue weighted by Crippen LogP contribution is 2.46. The maximum atomic E-state index is 6.05. The number of hydrogen-bond acceptors (Lipinski definition) is 2. The Morgan fingerprint density at radius 3 is 2.00 bits per heavy atom.